The molecule has 1 unspecified atom stereocenters. The molecule has 3 aromatic rings. The molecule has 2 saturated heterocycles. The van der Waals surface area contributed by atoms with Gasteiger partial charge in [0.1, 0.15) is 18.0 Å². The summed E-state index contributed by atoms with van der Waals surface area (Å²) in [5, 5.41) is 16.8. The summed E-state index contributed by atoms with van der Waals surface area (Å²) in [5.41, 5.74) is 3.34. The highest BCUT2D eigenvalue weighted by atomic mass is 35.5. The van der Waals surface area contributed by atoms with Gasteiger partial charge in [-0.1, -0.05) is 65.7 Å². The van der Waals surface area contributed by atoms with Crippen molar-refractivity contribution in [3.05, 3.63) is 93.5 Å². The summed E-state index contributed by atoms with van der Waals surface area (Å²) in [7, 11) is 5.42. The van der Waals surface area contributed by atoms with Crippen molar-refractivity contribution >= 4 is 46.7 Å². The van der Waals surface area contributed by atoms with E-state index in [2.05, 4.69) is 5.32 Å². The lowest BCUT2D eigenvalue weighted by atomic mass is 9.98. The van der Waals surface area contributed by atoms with Crippen molar-refractivity contribution in [2.75, 3.05) is 45.7 Å². The number of fused-ring (bicyclic) bond motifs is 1. The van der Waals surface area contributed by atoms with Crippen molar-refractivity contribution in [1.82, 2.24) is 25.1 Å². The van der Waals surface area contributed by atoms with E-state index in [-0.39, 0.29) is 49.7 Å². The van der Waals surface area contributed by atoms with Gasteiger partial charge in [-0.3, -0.25) is 9.59 Å². The molecule has 0 aliphatic carbocycles. The van der Waals surface area contributed by atoms with E-state index in [9.17, 15) is 19.5 Å². The van der Waals surface area contributed by atoms with Crippen LogP contribution in [-0.4, -0.2) is 95.8 Å². The Morgan fingerprint density at radius 1 is 1.02 bits per heavy atom. The molecule has 2 heterocycles. The summed E-state index contributed by atoms with van der Waals surface area (Å²) in [6.45, 7) is 0.603. The lowest BCUT2D eigenvalue weighted by molar-refractivity contribution is -0.187. The number of phenols is 1. The molecule has 0 spiro atoms. The fourth-order valence-electron chi connectivity index (χ4n) is 5.99. The molecular formula is C32H36Cl2N6O4. The van der Waals surface area contributed by atoms with Crippen molar-refractivity contribution in [1.29, 1.82) is 0 Å². The molecule has 3 aromatic carbocycles. The number of rotatable bonds is 8. The number of carbonyl (C=O) groups is 3. The molecule has 0 aromatic heterocycles. The highest BCUT2D eigenvalue weighted by Crippen LogP contribution is 2.35. The maximum Gasteiger partial charge on any atom is 0.333 e. The molecule has 4 amide bonds. The minimum atomic E-state index is -0.878. The molecule has 2 atom stereocenters. The molecule has 2 N–H and O–H groups in total. The molecule has 5 rings (SSSR count). The standard InChI is InChI=1S/C32H36Cl2N6O4/c1-36(2)30-23(16-24(33)17-26(30)34)18-38-19-28-39(27(31(38)43)15-22-9-11-25(41)12-10-22)29(42)20-37(3)40(28)32(44)35-14-13-21-7-5-4-6-8-21/h4-12,16-17,27-28,41H,13-15,18-20H2,1-3H3,(H,35,44)/t27-,28?/m0/s1. The van der Waals surface area contributed by atoms with E-state index in [1.165, 1.54) is 5.01 Å². The fraction of sp³-hybridized carbons (Fsp3) is 0.344. The van der Waals surface area contributed by atoms with Crippen LogP contribution in [0.1, 0.15) is 16.7 Å². The van der Waals surface area contributed by atoms with Gasteiger partial charge in [0.2, 0.25) is 11.8 Å². The number of hydrogen-bond donors (Lipinski definition) is 2. The van der Waals surface area contributed by atoms with E-state index < -0.39 is 12.2 Å². The Balaban J connectivity index is 1.47. The van der Waals surface area contributed by atoms with Crippen LogP contribution in [-0.2, 0) is 29.0 Å². The molecule has 44 heavy (non-hydrogen) atoms. The third-order valence-electron chi connectivity index (χ3n) is 7.96. The molecule has 232 valence electrons. The predicted molar refractivity (Wildman–Crippen MR) is 170 cm³/mol. The minimum absolute atomic E-state index is 0.0589. The Hall–Kier alpha value is -3.99. The van der Waals surface area contributed by atoms with E-state index in [1.54, 1.807) is 58.3 Å². The van der Waals surface area contributed by atoms with Gasteiger partial charge in [-0.25, -0.2) is 14.8 Å². The summed E-state index contributed by atoms with van der Waals surface area (Å²) >= 11 is 13.0. The molecule has 0 radical (unpaired) electrons. The predicted octanol–water partition coefficient (Wildman–Crippen LogP) is 3.99. The third kappa shape index (κ3) is 6.72. The molecule has 2 aliphatic rings. The van der Waals surface area contributed by atoms with Crippen molar-refractivity contribution in [3.63, 3.8) is 0 Å². The van der Waals surface area contributed by atoms with Crippen molar-refractivity contribution in [2.24, 2.45) is 0 Å². The number of hydrazine groups is 1. The zero-order chi connectivity index (χ0) is 31.5. The van der Waals surface area contributed by atoms with E-state index in [1.807, 2.05) is 49.3 Å². The number of urea groups is 1. The number of hydrogen-bond acceptors (Lipinski definition) is 6. The normalized spacial score (nSPS) is 18.8. The van der Waals surface area contributed by atoms with Gasteiger partial charge in [-0.05, 0) is 47.4 Å². The number of carbonyl (C=O) groups excluding carboxylic acids is 3. The number of piperazine rings is 1. The minimum Gasteiger partial charge on any atom is -0.508 e. The smallest absolute Gasteiger partial charge is 0.333 e. The second-order valence-electron chi connectivity index (χ2n) is 11.3. The van der Waals surface area contributed by atoms with Crippen LogP contribution in [0.3, 0.4) is 0 Å². The number of anilines is 1. The molecule has 2 aliphatic heterocycles. The Labute approximate surface area is 267 Å². The van der Waals surface area contributed by atoms with E-state index in [4.69, 9.17) is 23.2 Å². The van der Waals surface area contributed by atoms with Gasteiger partial charge in [-0.2, -0.15) is 0 Å². The average Bonchev–Trinajstić information content (AvgIpc) is 2.96. The van der Waals surface area contributed by atoms with E-state index >= 15 is 0 Å². The van der Waals surface area contributed by atoms with Crippen LogP contribution in [0, 0.1) is 0 Å². The summed E-state index contributed by atoms with van der Waals surface area (Å²) < 4.78 is 0. The first-order chi connectivity index (χ1) is 21.0. The Morgan fingerprint density at radius 3 is 2.41 bits per heavy atom. The first-order valence-corrected chi connectivity index (χ1v) is 15.1. The summed E-state index contributed by atoms with van der Waals surface area (Å²) in [5.74, 6) is -0.397. The maximum atomic E-state index is 14.2. The number of nitrogens with one attached hydrogen (secondary N) is 1. The van der Waals surface area contributed by atoms with Crippen LogP contribution in [0.4, 0.5) is 10.5 Å². The maximum absolute atomic E-state index is 14.2. The monoisotopic (exact) mass is 638 g/mol. The topological polar surface area (TPSA) is 99.7 Å². The number of phenolic OH excluding ortho intramolecular Hbond substituents is 1. The Bertz CT molecular complexity index is 1520. The van der Waals surface area contributed by atoms with Gasteiger partial charge in [0.15, 0.2) is 0 Å². The van der Waals surface area contributed by atoms with Crippen LogP contribution in [0.5, 0.6) is 5.75 Å². The van der Waals surface area contributed by atoms with Crippen LogP contribution in [0.25, 0.3) is 0 Å². The lowest BCUT2D eigenvalue weighted by Crippen LogP contribution is -2.76. The molecule has 2 fully saturated rings. The lowest BCUT2D eigenvalue weighted by Gasteiger charge is -2.54. The Morgan fingerprint density at radius 2 is 1.73 bits per heavy atom. The Kier molecular flexibility index (Phi) is 9.53. The van der Waals surface area contributed by atoms with Crippen molar-refractivity contribution < 1.29 is 19.5 Å². The molecule has 10 nitrogen and oxygen atoms in total. The summed E-state index contributed by atoms with van der Waals surface area (Å²) in [6, 6.07) is 18.6. The largest absolute Gasteiger partial charge is 0.508 e. The number of halogens is 2. The van der Waals surface area contributed by atoms with Gasteiger partial charge < -0.3 is 25.1 Å². The molecule has 0 bridgehead atoms. The zero-order valence-corrected chi connectivity index (χ0v) is 26.4. The zero-order valence-electron chi connectivity index (χ0n) is 24.9. The van der Waals surface area contributed by atoms with Crippen molar-refractivity contribution in [2.45, 2.75) is 31.6 Å². The number of amides is 4. The first-order valence-electron chi connectivity index (χ1n) is 14.4. The van der Waals surface area contributed by atoms with E-state index in [0.717, 1.165) is 22.4 Å². The van der Waals surface area contributed by atoms with Gasteiger partial charge in [0.05, 0.1) is 23.8 Å². The molecular weight excluding hydrogens is 603 g/mol. The number of benzene rings is 3. The van der Waals surface area contributed by atoms with Crippen LogP contribution < -0.4 is 10.2 Å². The average molecular weight is 640 g/mol. The van der Waals surface area contributed by atoms with Crippen LogP contribution in [0.2, 0.25) is 10.0 Å². The first kappa shape index (κ1) is 31.4. The summed E-state index contributed by atoms with van der Waals surface area (Å²) in [6.07, 6.45) is 0.103. The quantitative estimate of drug-likeness (QED) is 0.387. The van der Waals surface area contributed by atoms with Gasteiger partial charge in [0.25, 0.3) is 0 Å². The van der Waals surface area contributed by atoms with Crippen molar-refractivity contribution in [3.8, 4) is 5.75 Å². The third-order valence-corrected chi connectivity index (χ3v) is 8.47. The van der Waals surface area contributed by atoms with Gasteiger partial charge >= 0.3 is 6.03 Å². The molecule has 12 heteroatoms. The number of likely N-dealkylation sites (N-methyl/N-ethyl adjacent to an activating group) is 1. The summed E-state index contributed by atoms with van der Waals surface area (Å²) in [4.78, 5) is 46.6. The highest BCUT2D eigenvalue weighted by Gasteiger charge is 2.50. The fourth-order valence-corrected chi connectivity index (χ4v) is 6.69. The second kappa shape index (κ2) is 13.3. The van der Waals surface area contributed by atoms with Crippen LogP contribution >= 0.6 is 23.2 Å². The second-order valence-corrected chi connectivity index (χ2v) is 12.1. The van der Waals surface area contributed by atoms with E-state index in [0.29, 0.717) is 23.0 Å². The van der Waals surface area contributed by atoms with Gasteiger partial charge in [-0.15, -0.1) is 0 Å². The van der Waals surface area contributed by atoms with Gasteiger partial charge in [0, 0.05) is 45.7 Å². The van der Waals surface area contributed by atoms with Crippen LogP contribution in [0.15, 0.2) is 66.7 Å². The SMILES string of the molecule is CN(C)c1c(Cl)cc(Cl)cc1CN1CC2N(C(=O)CN(C)N2C(=O)NCCc2ccccc2)[C@@H](Cc2ccc(O)cc2)C1=O. The molecule has 0 saturated carbocycles. The number of aromatic hydroxyl groups is 1. The number of nitrogens with zero attached hydrogens (tertiary/aromatic N) is 5. The highest BCUT2D eigenvalue weighted by molar-refractivity contribution is 6.36.